The lowest BCUT2D eigenvalue weighted by atomic mass is 10.1. The summed E-state index contributed by atoms with van der Waals surface area (Å²) in [7, 11) is 0. The Balaban J connectivity index is 2.07. The fraction of sp³-hybridized carbons (Fsp3) is 0.583. The molecule has 1 aliphatic heterocycles. The van der Waals surface area contributed by atoms with Gasteiger partial charge in [-0.2, -0.15) is 0 Å². The van der Waals surface area contributed by atoms with Gasteiger partial charge in [0.05, 0.1) is 11.6 Å². The highest BCUT2D eigenvalue weighted by Gasteiger charge is 2.30. The van der Waals surface area contributed by atoms with Gasteiger partial charge < -0.3 is 4.90 Å². The van der Waals surface area contributed by atoms with E-state index in [0.29, 0.717) is 11.9 Å². The quantitative estimate of drug-likeness (QED) is 0.780. The third-order valence-electron chi connectivity index (χ3n) is 3.52. The molecule has 2 atom stereocenters. The van der Waals surface area contributed by atoms with Gasteiger partial charge in [0, 0.05) is 24.2 Å². The van der Waals surface area contributed by atoms with Gasteiger partial charge in [-0.05, 0) is 19.3 Å². The van der Waals surface area contributed by atoms with Crippen LogP contribution in [0.3, 0.4) is 0 Å². The molecule has 3 nitrogen and oxygen atoms in total. The van der Waals surface area contributed by atoms with Gasteiger partial charge in [-0.15, -0.1) is 22.9 Å². The Morgan fingerprint density at radius 2 is 2.35 bits per heavy atom. The largest absolute Gasteiger partial charge is 0.352 e. The third-order valence-corrected chi connectivity index (χ3v) is 4.53. The average Bonchev–Trinajstić information content (AvgIpc) is 2.91. The van der Waals surface area contributed by atoms with Crippen molar-refractivity contribution >= 4 is 33.7 Å². The molecule has 2 aromatic rings. The van der Waals surface area contributed by atoms with Crippen LogP contribution in [0, 0.1) is 5.92 Å². The maximum absolute atomic E-state index is 6.09. The number of imidazole rings is 1. The van der Waals surface area contributed by atoms with E-state index in [9.17, 15) is 0 Å². The summed E-state index contributed by atoms with van der Waals surface area (Å²) in [6.45, 7) is 5.67. The maximum Gasteiger partial charge on any atom is 0.195 e. The van der Waals surface area contributed by atoms with Crippen molar-refractivity contribution in [3.63, 3.8) is 0 Å². The number of anilines is 1. The van der Waals surface area contributed by atoms with E-state index >= 15 is 0 Å². The van der Waals surface area contributed by atoms with Gasteiger partial charge >= 0.3 is 0 Å². The van der Waals surface area contributed by atoms with E-state index < -0.39 is 0 Å². The van der Waals surface area contributed by atoms with Crippen molar-refractivity contribution < 1.29 is 0 Å². The summed E-state index contributed by atoms with van der Waals surface area (Å²) in [6.07, 6.45) is 3.30. The summed E-state index contributed by atoms with van der Waals surface area (Å²) in [5.41, 5.74) is 1.13. The highest BCUT2D eigenvalue weighted by molar-refractivity contribution is 7.15. The van der Waals surface area contributed by atoms with Crippen LogP contribution in [-0.2, 0) is 5.88 Å². The molecule has 0 amide bonds. The number of rotatable bonds is 2. The first kappa shape index (κ1) is 11.4. The molecule has 1 fully saturated rings. The van der Waals surface area contributed by atoms with Gasteiger partial charge in [0.15, 0.2) is 10.8 Å². The minimum absolute atomic E-state index is 0.519. The lowest BCUT2D eigenvalue weighted by Crippen LogP contribution is -2.27. The molecule has 1 saturated heterocycles. The first-order valence-corrected chi connectivity index (χ1v) is 7.39. The molecule has 3 heterocycles. The van der Waals surface area contributed by atoms with Gasteiger partial charge in [0.1, 0.15) is 0 Å². The predicted molar refractivity (Wildman–Crippen MR) is 73.2 cm³/mol. The first-order chi connectivity index (χ1) is 8.20. The summed E-state index contributed by atoms with van der Waals surface area (Å²) in [6, 6.07) is 0.566. The number of thiazole rings is 1. The molecule has 0 aromatic carbocycles. The summed E-state index contributed by atoms with van der Waals surface area (Å²) in [5.74, 6) is 2.35. The first-order valence-electron chi connectivity index (χ1n) is 5.97. The van der Waals surface area contributed by atoms with Crippen LogP contribution in [0.15, 0.2) is 11.6 Å². The molecule has 0 radical (unpaired) electrons. The Morgan fingerprint density at radius 3 is 3.00 bits per heavy atom. The SMILES string of the molecule is CC1CC(C)N(c2nc3sccn3c2CCl)C1. The topological polar surface area (TPSA) is 20.5 Å². The molecule has 92 valence electrons. The minimum atomic E-state index is 0.519. The Kier molecular flexibility index (Phi) is 2.79. The average molecular weight is 270 g/mol. The Labute approximate surface area is 110 Å². The molecule has 0 spiro atoms. The standard InChI is InChI=1S/C12H16ClN3S/c1-8-5-9(2)16(7-8)11-10(6-13)15-3-4-17-12(15)14-11/h3-4,8-9H,5-7H2,1-2H3. The Hall–Kier alpha value is -0.740. The minimum Gasteiger partial charge on any atom is -0.352 e. The summed E-state index contributed by atoms with van der Waals surface area (Å²) in [4.78, 5) is 8.18. The van der Waals surface area contributed by atoms with E-state index in [2.05, 4.69) is 34.7 Å². The van der Waals surface area contributed by atoms with E-state index in [4.69, 9.17) is 16.6 Å². The lowest BCUT2D eigenvalue weighted by Gasteiger charge is -2.22. The molecule has 3 rings (SSSR count). The zero-order chi connectivity index (χ0) is 12.0. The molecule has 2 aromatic heterocycles. The fourth-order valence-corrected chi connectivity index (χ4v) is 3.75. The van der Waals surface area contributed by atoms with E-state index in [1.807, 2.05) is 0 Å². The molecular weight excluding hydrogens is 254 g/mol. The molecule has 0 bridgehead atoms. The van der Waals surface area contributed by atoms with Crippen molar-refractivity contribution in [2.75, 3.05) is 11.4 Å². The van der Waals surface area contributed by atoms with Crippen molar-refractivity contribution in [1.29, 1.82) is 0 Å². The number of halogens is 1. The van der Waals surface area contributed by atoms with Crippen LogP contribution in [0.25, 0.3) is 4.96 Å². The number of hydrogen-bond acceptors (Lipinski definition) is 3. The van der Waals surface area contributed by atoms with Crippen molar-refractivity contribution in [3.05, 3.63) is 17.3 Å². The van der Waals surface area contributed by atoms with Crippen molar-refractivity contribution in [1.82, 2.24) is 9.38 Å². The van der Waals surface area contributed by atoms with Crippen LogP contribution >= 0.6 is 22.9 Å². The molecule has 5 heteroatoms. The maximum atomic E-state index is 6.09. The van der Waals surface area contributed by atoms with Crippen LogP contribution in [0.2, 0.25) is 0 Å². The zero-order valence-corrected chi connectivity index (χ0v) is 11.6. The van der Waals surface area contributed by atoms with Gasteiger partial charge in [0.25, 0.3) is 0 Å². The summed E-state index contributed by atoms with van der Waals surface area (Å²) < 4.78 is 2.11. The normalized spacial score (nSPS) is 25.0. The molecule has 0 aliphatic carbocycles. The highest BCUT2D eigenvalue weighted by Crippen LogP contribution is 2.33. The zero-order valence-electron chi connectivity index (χ0n) is 10.1. The van der Waals surface area contributed by atoms with Crippen molar-refractivity contribution in [2.24, 2.45) is 5.92 Å². The van der Waals surface area contributed by atoms with E-state index in [-0.39, 0.29) is 0 Å². The smallest absolute Gasteiger partial charge is 0.195 e. The number of hydrogen-bond donors (Lipinski definition) is 0. The molecule has 17 heavy (non-hydrogen) atoms. The highest BCUT2D eigenvalue weighted by atomic mass is 35.5. The Bertz CT molecular complexity index is 533. The molecule has 2 unspecified atom stereocenters. The second-order valence-corrected chi connectivity index (χ2v) is 6.05. The van der Waals surface area contributed by atoms with Gasteiger partial charge in [0.2, 0.25) is 0 Å². The van der Waals surface area contributed by atoms with Crippen LogP contribution in [0.1, 0.15) is 26.0 Å². The van der Waals surface area contributed by atoms with Crippen LogP contribution < -0.4 is 4.90 Å². The fourth-order valence-electron chi connectivity index (χ4n) is 2.77. The summed E-state index contributed by atoms with van der Waals surface area (Å²) >= 11 is 7.75. The molecular formula is C12H16ClN3S. The molecule has 1 aliphatic rings. The van der Waals surface area contributed by atoms with E-state index in [0.717, 1.165) is 28.9 Å². The number of aromatic nitrogens is 2. The molecule has 0 saturated carbocycles. The predicted octanol–water partition coefficient (Wildman–Crippen LogP) is 3.37. The lowest BCUT2D eigenvalue weighted by molar-refractivity contribution is 0.625. The third kappa shape index (κ3) is 1.74. The van der Waals surface area contributed by atoms with Gasteiger partial charge in [-0.25, -0.2) is 4.98 Å². The van der Waals surface area contributed by atoms with Gasteiger partial charge in [-0.1, -0.05) is 6.92 Å². The number of nitrogens with zero attached hydrogens (tertiary/aromatic N) is 3. The second-order valence-electron chi connectivity index (χ2n) is 4.91. The summed E-state index contributed by atoms with van der Waals surface area (Å²) in [5, 5.41) is 2.05. The van der Waals surface area contributed by atoms with Crippen LogP contribution in [-0.4, -0.2) is 22.0 Å². The van der Waals surface area contributed by atoms with Gasteiger partial charge in [-0.3, -0.25) is 4.40 Å². The number of alkyl halides is 1. The number of fused-ring (bicyclic) bond motifs is 1. The Morgan fingerprint density at radius 1 is 1.53 bits per heavy atom. The van der Waals surface area contributed by atoms with Crippen LogP contribution in [0.4, 0.5) is 5.82 Å². The van der Waals surface area contributed by atoms with Crippen molar-refractivity contribution in [2.45, 2.75) is 32.2 Å². The monoisotopic (exact) mass is 269 g/mol. The van der Waals surface area contributed by atoms with E-state index in [1.165, 1.54) is 6.42 Å². The van der Waals surface area contributed by atoms with Crippen LogP contribution in [0.5, 0.6) is 0 Å². The van der Waals surface area contributed by atoms with Crippen molar-refractivity contribution in [3.8, 4) is 0 Å². The molecule has 0 N–H and O–H groups in total. The second kappa shape index (κ2) is 4.18. The van der Waals surface area contributed by atoms with E-state index in [1.54, 1.807) is 11.3 Å².